The average Bonchev–Trinajstić information content (AvgIpc) is 2.04. The zero-order chi connectivity index (χ0) is 9.14. The van der Waals surface area contributed by atoms with Crippen LogP contribution < -0.4 is 0 Å². The molecule has 1 rings (SSSR count). The summed E-state index contributed by atoms with van der Waals surface area (Å²) in [5.41, 5.74) is 0.733. The first kappa shape index (κ1) is 9.20. The summed E-state index contributed by atoms with van der Waals surface area (Å²) in [6.07, 6.45) is 0. The first-order valence-electron chi connectivity index (χ1n) is 3.56. The van der Waals surface area contributed by atoms with Gasteiger partial charge >= 0.3 is 0 Å². The van der Waals surface area contributed by atoms with Gasteiger partial charge in [-0.15, -0.1) is 0 Å². The van der Waals surface area contributed by atoms with Crippen LogP contribution in [0.5, 0.6) is 0 Å². The first-order chi connectivity index (χ1) is 5.61. The molecule has 0 radical (unpaired) electrons. The normalized spacial score (nSPS) is 12.6. The van der Waals surface area contributed by atoms with E-state index in [2.05, 4.69) is 0 Å². The minimum atomic E-state index is -0.429. The molecule has 0 N–H and O–H groups in total. The van der Waals surface area contributed by atoms with Crippen molar-refractivity contribution in [3.8, 4) is 0 Å². The third-order valence-corrected chi connectivity index (χ3v) is 2.04. The van der Waals surface area contributed by atoms with E-state index in [1.165, 1.54) is 12.1 Å². The molecule has 0 spiro atoms. The Bertz CT molecular complexity index is 281. The van der Waals surface area contributed by atoms with Crippen LogP contribution in [0.15, 0.2) is 24.3 Å². The molecular weight excluding hydrogens is 179 g/mol. The van der Waals surface area contributed by atoms with Crippen LogP contribution in [0.3, 0.4) is 0 Å². The van der Waals surface area contributed by atoms with E-state index in [0.717, 1.165) is 5.56 Å². The lowest BCUT2D eigenvalue weighted by molar-refractivity contribution is -0.112. The van der Waals surface area contributed by atoms with Crippen LogP contribution in [0.2, 0.25) is 0 Å². The Balaban J connectivity index is 2.89. The third-order valence-electron chi connectivity index (χ3n) is 1.71. The van der Waals surface area contributed by atoms with Gasteiger partial charge in [0.05, 0.1) is 5.92 Å². The molecule has 0 amide bonds. The molecule has 0 heterocycles. The lowest BCUT2D eigenvalue weighted by Gasteiger charge is -2.04. The molecule has 1 nitrogen and oxygen atoms in total. The van der Waals surface area contributed by atoms with Gasteiger partial charge in [0.1, 0.15) is 5.82 Å². The lowest BCUT2D eigenvalue weighted by Crippen LogP contribution is -2.01. The highest BCUT2D eigenvalue weighted by molar-refractivity contribution is 6.64. The zero-order valence-electron chi connectivity index (χ0n) is 6.55. The number of carbonyl (C=O) groups is 1. The minimum absolute atomic E-state index is 0.312. The Morgan fingerprint density at radius 1 is 1.42 bits per heavy atom. The summed E-state index contributed by atoms with van der Waals surface area (Å²) in [7, 11) is 0. The monoisotopic (exact) mass is 186 g/mol. The fourth-order valence-corrected chi connectivity index (χ4v) is 1.01. The average molecular weight is 187 g/mol. The van der Waals surface area contributed by atoms with Gasteiger partial charge in [0.25, 0.3) is 0 Å². The van der Waals surface area contributed by atoms with Crippen molar-refractivity contribution >= 4 is 16.8 Å². The summed E-state index contributed by atoms with van der Waals surface area (Å²) in [6.45, 7) is 1.68. The van der Waals surface area contributed by atoms with E-state index in [1.54, 1.807) is 19.1 Å². The molecule has 0 saturated carbocycles. The molecule has 1 aromatic rings. The van der Waals surface area contributed by atoms with Crippen molar-refractivity contribution < 1.29 is 9.18 Å². The van der Waals surface area contributed by atoms with E-state index in [9.17, 15) is 9.18 Å². The zero-order valence-corrected chi connectivity index (χ0v) is 7.31. The fraction of sp³-hybridized carbons (Fsp3) is 0.222. The smallest absolute Gasteiger partial charge is 0.228 e. The van der Waals surface area contributed by atoms with Gasteiger partial charge in [-0.2, -0.15) is 0 Å². The Kier molecular flexibility index (Phi) is 2.82. The highest BCUT2D eigenvalue weighted by Gasteiger charge is 2.11. The van der Waals surface area contributed by atoms with E-state index in [4.69, 9.17) is 11.6 Å². The molecule has 0 aliphatic rings. The van der Waals surface area contributed by atoms with Gasteiger partial charge in [0.2, 0.25) is 5.24 Å². The van der Waals surface area contributed by atoms with Crippen molar-refractivity contribution in [3.05, 3.63) is 35.6 Å². The number of benzene rings is 1. The predicted molar refractivity (Wildman–Crippen MR) is 45.7 cm³/mol. The van der Waals surface area contributed by atoms with Crippen LogP contribution in [0.1, 0.15) is 18.4 Å². The maximum Gasteiger partial charge on any atom is 0.228 e. The summed E-state index contributed by atoms with van der Waals surface area (Å²) in [6, 6.07) is 5.73. The Hall–Kier alpha value is -0.890. The maximum atomic E-state index is 12.4. The molecule has 3 heteroatoms. The largest absolute Gasteiger partial charge is 0.281 e. The maximum absolute atomic E-state index is 12.4. The number of hydrogen-bond acceptors (Lipinski definition) is 1. The van der Waals surface area contributed by atoms with E-state index in [-0.39, 0.29) is 11.7 Å². The lowest BCUT2D eigenvalue weighted by atomic mass is 10.0. The quantitative estimate of drug-likeness (QED) is 0.649. The molecule has 64 valence electrons. The van der Waals surface area contributed by atoms with Crippen molar-refractivity contribution in [2.24, 2.45) is 0 Å². The van der Waals surface area contributed by atoms with Gasteiger partial charge in [-0.05, 0) is 29.3 Å². The second kappa shape index (κ2) is 3.68. The Morgan fingerprint density at radius 3 is 2.33 bits per heavy atom. The number of halogens is 2. The molecule has 0 aromatic heterocycles. The van der Waals surface area contributed by atoms with E-state index >= 15 is 0 Å². The molecule has 0 aliphatic carbocycles. The summed E-state index contributed by atoms with van der Waals surface area (Å²) in [4.78, 5) is 10.7. The van der Waals surface area contributed by atoms with Crippen LogP contribution in [0.4, 0.5) is 4.39 Å². The van der Waals surface area contributed by atoms with Gasteiger partial charge in [-0.1, -0.05) is 19.1 Å². The van der Waals surface area contributed by atoms with E-state index in [1.807, 2.05) is 0 Å². The van der Waals surface area contributed by atoms with Crippen LogP contribution >= 0.6 is 11.6 Å². The summed E-state index contributed by atoms with van der Waals surface area (Å²) < 4.78 is 12.4. The van der Waals surface area contributed by atoms with E-state index in [0.29, 0.717) is 0 Å². The van der Waals surface area contributed by atoms with Crippen LogP contribution in [-0.4, -0.2) is 5.24 Å². The highest BCUT2D eigenvalue weighted by Crippen LogP contribution is 2.17. The Morgan fingerprint density at radius 2 is 1.92 bits per heavy atom. The van der Waals surface area contributed by atoms with Gasteiger partial charge in [-0.3, -0.25) is 4.79 Å². The summed E-state index contributed by atoms with van der Waals surface area (Å²) in [5, 5.41) is -0.429. The molecule has 0 aliphatic heterocycles. The molecule has 0 saturated heterocycles. The topological polar surface area (TPSA) is 17.1 Å². The predicted octanol–water partition coefficient (Wildman–Crippen LogP) is 2.69. The van der Waals surface area contributed by atoms with E-state index < -0.39 is 5.24 Å². The van der Waals surface area contributed by atoms with Crippen LogP contribution in [0.25, 0.3) is 0 Å². The molecule has 1 atom stereocenters. The van der Waals surface area contributed by atoms with Crippen LogP contribution in [0, 0.1) is 5.82 Å². The van der Waals surface area contributed by atoms with Crippen molar-refractivity contribution in [1.29, 1.82) is 0 Å². The van der Waals surface area contributed by atoms with Gasteiger partial charge in [-0.25, -0.2) is 4.39 Å². The molecule has 0 bridgehead atoms. The Labute approximate surface area is 75.2 Å². The van der Waals surface area contributed by atoms with Crippen molar-refractivity contribution in [1.82, 2.24) is 0 Å². The van der Waals surface area contributed by atoms with Crippen molar-refractivity contribution in [2.45, 2.75) is 12.8 Å². The molecule has 1 aromatic carbocycles. The standard InChI is InChI=1S/C9H8ClFO/c1-6(9(10)12)7-2-4-8(11)5-3-7/h2-6H,1H3/t6-/m0/s1. The second-order valence-corrected chi connectivity index (χ2v) is 2.95. The minimum Gasteiger partial charge on any atom is -0.281 e. The number of carbonyl (C=O) groups excluding carboxylic acids is 1. The van der Waals surface area contributed by atoms with Crippen LogP contribution in [-0.2, 0) is 4.79 Å². The van der Waals surface area contributed by atoms with Gasteiger partial charge in [0.15, 0.2) is 0 Å². The fourth-order valence-electron chi connectivity index (χ4n) is 0.882. The van der Waals surface area contributed by atoms with Gasteiger partial charge < -0.3 is 0 Å². The van der Waals surface area contributed by atoms with Gasteiger partial charge in [0, 0.05) is 0 Å². The number of rotatable bonds is 2. The van der Waals surface area contributed by atoms with Crippen molar-refractivity contribution in [3.63, 3.8) is 0 Å². The molecule has 0 unspecified atom stereocenters. The molecule has 12 heavy (non-hydrogen) atoms. The summed E-state index contributed by atoms with van der Waals surface area (Å²) in [5.74, 6) is -0.680. The highest BCUT2D eigenvalue weighted by atomic mass is 35.5. The number of hydrogen-bond donors (Lipinski definition) is 0. The SMILES string of the molecule is C[C@H](C(=O)Cl)c1ccc(F)cc1. The second-order valence-electron chi connectivity index (χ2n) is 2.58. The molecular formula is C9H8ClFO. The summed E-state index contributed by atoms with van der Waals surface area (Å²) >= 11 is 5.27. The molecule has 0 fully saturated rings. The first-order valence-corrected chi connectivity index (χ1v) is 3.94. The third kappa shape index (κ3) is 2.05. The van der Waals surface area contributed by atoms with Crippen molar-refractivity contribution in [2.75, 3.05) is 0 Å².